The quantitative estimate of drug-likeness (QED) is 0.128. The molecule has 0 bridgehead atoms. The minimum absolute atomic E-state index is 0.0435. The fraction of sp³-hybridized carbons (Fsp3) is 0.0588. The summed E-state index contributed by atoms with van der Waals surface area (Å²) in [5.41, 5.74) is 13.4. The lowest BCUT2D eigenvalue weighted by atomic mass is 9.98. The van der Waals surface area contributed by atoms with Crippen molar-refractivity contribution in [3.63, 3.8) is 0 Å². The monoisotopic (exact) mass is 619 g/mol. The van der Waals surface area contributed by atoms with Gasteiger partial charge in [0.25, 0.3) is 0 Å². The van der Waals surface area contributed by atoms with E-state index in [0.717, 1.165) is 57.6 Å². The molecular weight excluding hydrogens is 596 g/mol. The van der Waals surface area contributed by atoms with Gasteiger partial charge in [0, 0.05) is 40.0 Å². The molecule has 0 radical (unpaired) electrons. The number of ether oxygens (including phenoxy) is 2. The number of alkyl halides is 6. The molecule has 0 saturated heterocycles. The molecule has 0 aliphatic carbocycles. The summed E-state index contributed by atoms with van der Waals surface area (Å²) in [5.74, 6) is 0.539. The highest BCUT2D eigenvalue weighted by Crippen LogP contribution is 2.41. The Hall–Kier alpha value is -5.58. The van der Waals surface area contributed by atoms with E-state index in [4.69, 9.17) is 20.9 Å². The summed E-state index contributed by atoms with van der Waals surface area (Å²) in [6, 6.07) is 27.5. The Balaban J connectivity index is 1.30. The van der Waals surface area contributed by atoms with E-state index < -0.39 is 23.5 Å². The van der Waals surface area contributed by atoms with Crippen LogP contribution in [0.2, 0.25) is 0 Å². The van der Waals surface area contributed by atoms with Crippen LogP contribution in [0.3, 0.4) is 0 Å². The first-order chi connectivity index (χ1) is 21.3. The van der Waals surface area contributed by atoms with Crippen molar-refractivity contribution in [2.45, 2.75) is 12.4 Å². The molecule has 0 aliphatic heterocycles. The van der Waals surface area contributed by atoms with Crippen LogP contribution >= 0.6 is 0 Å². The Morgan fingerprint density at radius 3 is 1.47 bits per heavy atom. The van der Waals surface area contributed by atoms with Gasteiger partial charge in [-0.25, -0.2) is 0 Å². The van der Waals surface area contributed by atoms with Crippen molar-refractivity contribution in [2.24, 2.45) is 0 Å². The van der Waals surface area contributed by atoms with Crippen molar-refractivity contribution in [3.05, 3.63) is 120 Å². The zero-order chi connectivity index (χ0) is 31.9. The highest BCUT2D eigenvalue weighted by atomic mass is 19.4. The van der Waals surface area contributed by atoms with E-state index in [1.54, 1.807) is 48.5 Å². The first-order valence-corrected chi connectivity index (χ1v) is 13.5. The maximum absolute atomic E-state index is 13.2. The van der Waals surface area contributed by atoms with Crippen LogP contribution < -0.4 is 20.9 Å². The molecule has 0 aliphatic rings. The number of fused-ring (bicyclic) bond motifs is 1. The van der Waals surface area contributed by atoms with Gasteiger partial charge in [-0.2, -0.15) is 26.3 Å². The molecule has 0 atom stereocenters. The number of aromatic nitrogens is 1. The molecule has 0 saturated carbocycles. The zero-order valence-electron chi connectivity index (χ0n) is 23.1. The minimum Gasteiger partial charge on any atom is -0.457 e. The SMILES string of the molecule is Nc1cc(Oc2ccc(-c3[nH]c4ccccc4c3-c3ccc(Oc4cc(N)cc(C(F)(F)F)c4)cc3)cc2)cc(C(F)(F)F)c1. The molecule has 6 aromatic rings. The van der Waals surface area contributed by atoms with E-state index in [1.807, 2.05) is 24.3 Å². The Morgan fingerprint density at radius 2 is 0.978 bits per heavy atom. The molecule has 0 amide bonds. The number of aromatic amines is 1. The first-order valence-electron chi connectivity index (χ1n) is 13.5. The van der Waals surface area contributed by atoms with Gasteiger partial charge in [-0.3, -0.25) is 0 Å². The highest BCUT2D eigenvalue weighted by Gasteiger charge is 2.32. The first kappa shape index (κ1) is 29.5. The van der Waals surface area contributed by atoms with E-state index in [-0.39, 0.29) is 22.9 Å². The van der Waals surface area contributed by atoms with Crippen LogP contribution in [0.4, 0.5) is 37.7 Å². The Morgan fingerprint density at radius 1 is 0.511 bits per heavy atom. The van der Waals surface area contributed by atoms with Gasteiger partial charge in [0.15, 0.2) is 0 Å². The minimum atomic E-state index is -4.57. The molecule has 0 fully saturated rings. The van der Waals surface area contributed by atoms with E-state index in [1.165, 1.54) is 12.1 Å². The normalized spacial score (nSPS) is 12.0. The molecule has 0 unspecified atom stereocenters. The molecule has 5 aromatic carbocycles. The second kappa shape index (κ2) is 11.2. The lowest BCUT2D eigenvalue weighted by molar-refractivity contribution is -0.138. The predicted molar refractivity (Wildman–Crippen MR) is 161 cm³/mol. The molecule has 6 rings (SSSR count). The van der Waals surface area contributed by atoms with Crippen molar-refractivity contribution in [3.8, 4) is 45.4 Å². The molecule has 11 heteroatoms. The fourth-order valence-electron chi connectivity index (χ4n) is 5.00. The molecule has 1 aromatic heterocycles. The third-order valence-corrected chi connectivity index (χ3v) is 6.98. The molecule has 45 heavy (non-hydrogen) atoms. The van der Waals surface area contributed by atoms with Crippen molar-refractivity contribution >= 4 is 22.3 Å². The largest absolute Gasteiger partial charge is 0.457 e. The zero-order valence-corrected chi connectivity index (χ0v) is 23.1. The molecule has 0 spiro atoms. The van der Waals surface area contributed by atoms with Crippen LogP contribution in [0, 0.1) is 0 Å². The number of hydrogen-bond donors (Lipinski definition) is 3. The second-order valence-electron chi connectivity index (χ2n) is 10.3. The van der Waals surface area contributed by atoms with Crippen molar-refractivity contribution in [2.75, 3.05) is 11.5 Å². The number of anilines is 2. The summed E-state index contributed by atoms with van der Waals surface area (Å²) in [4.78, 5) is 3.43. The number of para-hydroxylation sites is 1. The maximum Gasteiger partial charge on any atom is 0.416 e. The molecule has 1 heterocycles. The average Bonchev–Trinajstić information content (AvgIpc) is 3.36. The number of halogens is 6. The van der Waals surface area contributed by atoms with Crippen LogP contribution in [0.15, 0.2) is 109 Å². The van der Waals surface area contributed by atoms with Crippen LogP contribution in [-0.4, -0.2) is 4.98 Å². The number of H-pyrrole nitrogens is 1. The van der Waals surface area contributed by atoms with E-state index in [2.05, 4.69) is 4.98 Å². The highest BCUT2D eigenvalue weighted by molar-refractivity contribution is 6.03. The molecular formula is C34H23F6N3O2. The van der Waals surface area contributed by atoms with E-state index in [9.17, 15) is 26.3 Å². The van der Waals surface area contributed by atoms with Crippen molar-refractivity contribution in [1.82, 2.24) is 4.98 Å². The number of nitrogen functional groups attached to an aromatic ring is 2. The smallest absolute Gasteiger partial charge is 0.416 e. The van der Waals surface area contributed by atoms with Gasteiger partial charge in [0.2, 0.25) is 0 Å². The number of nitrogens with two attached hydrogens (primary N) is 2. The Kier molecular flexibility index (Phi) is 7.32. The van der Waals surface area contributed by atoms with Gasteiger partial charge in [-0.15, -0.1) is 0 Å². The van der Waals surface area contributed by atoms with Gasteiger partial charge >= 0.3 is 12.4 Å². The van der Waals surface area contributed by atoms with Gasteiger partial charge in [-0.1, -0.05) is 30.3 Å². The number of benzene rings is 5. The van der Waals surface area contributed by atoms with Crippen molar-refractivity contribution < 1.29 is 35.8 Å². The summed E-state index contributed by atoms with van der Waals surface area (Å²) >= 11 is 0. The van der Waals surface area contributed by atoms with Gasteiger partial charge in [-0.05, 0) is 77.9 Å². The lowest BCUT2D eigenvalue weighted by Gasteiger charge is -2.13. The topological polar surface area (TPSA) is 86.3 Å². The van der Waals surface area contributed by atoms with E-state index in [0.29, 0.717) is 11.5 Å². The predicted octanol–water partition coefficient (Wildman–Crippen LogP) is 10.3. The molecule has 5 nitrogen and oxygen atoms in total. The van der Waals surface area contributed by atoms with Crippen LogP contribution in [0.1, 0.15) is 11.1 Å². The third-order valence-electron chi connectivity index (χ3n) is 6.98. The Bertz CT molecular complexity index is 2000. The lowest BCUT2D eigenvalue weighted by Crippen LogP contribution is -2.06. The summed E-state index contributed by atoms with van der Waals surface area (Å²) in [5, 5.41) is 0.923. The second-order valence-corrected chi connectivity index (χ2v) is 10.3. The summed E-state index contributed by atoms with van der Waals surface area (Å²) in [6.07, 6.45) is -9.14. The van der Waals surface area contributed by atoms with Gasteiger partial charge < -0.3 is 25.9 Å². The number of rotatable bonds is 6. The summed E-state index contributed by atoms with van der Waals surface area (Å²) in [6.45, 7) is 0. The Labute approximate surface area is 252 Å². The maximum atomic E-state index is 13.2. The van der Waals surface area contributed by atoms with Crippen LogP contribution in [0.25, 0.3) is 33.3 Å². The van der Waals surface area contributed by atoms with Crippen LogP contribution in [0.5, 0.6) is 23.0 Å². The number of nitrogens with one attached hydrogen (secondary N) is 1. The summed E-state index contributed by atoms with van der Waals surface area (Å²) in [7, 11) is 0. The fourth-order valence-corrected chi connectivity index (χ4v) is 5.00. The van der Waals surface area contributed by atoms with Gasteiger partial charge in [0.1, 0.15) is 23.0 Å². The molecule has 228 valence electrons. The summed E-state index contributed by atoms with van der Waals surface area (Å²) < 4.78 is 90.7. The average molecular weight is 620 g/mol. The standard InChI is InChI=1S/C34H23F6N3O2/c35-33(36,37)21-13-23(41)17-27(15-21)44-25-9-5-19(6-10-25)31-29-3-1-2-4-30(29)43-32(31)20-7-11-26(12-8-20)45-28-16-22(34(38,39)40)14-24(42)18-28/h1-18,43H,41-42H2. The third kappa shape index (κ3) is 6.37. The van der Waals surface area contributed by atoms with Gasteiger partial charge in [0.05, 0.1) is 16.8 Å². The number of hydrogen-bond acceptors (Lipinski definition) is 4. The molecule has 5 N–H and O–H groups in total. The van der Waals surface area contributed by atoms with E-state index >= 15 is 0 Å². The van der Waals surface area contributed by atoms with Crippen molar-refractivity contribution in [1.29, 1.82) is 0 Å². The van der Waals surface area contributed by atoms with Crippen LogP contribution in [-0.2, 0) is 12.4 Å².